The number of aromatic nitrogens is 2. The second kappa shape index (κ2) is 6.43. The summed E-state index contributed by atoms with van der Waals surface area (Å²) in [4.78, 5) is 8.16. The van der Waals surface area contributed by atoms with Gasteiger partial charge in [0.05, 0.1) is 6.61 Å². The minimum atomic E-state index is 0.471. The van der Waals surface area contributed by atoms with E-state index in [4.69, 9.17) is 10.5 Å². The zero-order valence-corrected chi connectivity index (χ0v) is 11.9. The molecule has 2 rings (SSSR count). The van der Waals surface area contributed by atoms with Crippen LogP contribution >= 0.6 is 11.8 Å². The summed E-state index contributed by atoms with van der Waals surface area (Å²) in [5, 5.41) is 0.756. The van der Waals surface area contributed by atoms with Crippen LogP contribution in [-0.4, -0.2) is 22.3 Å². The fraction of sp³-hybridized carbons (Fsp3) is 0.286. The van der Waals surface area contributed by atoms with E-state index in [1.54, 1.807) is 24.2 Å². The predicted octanol–water partition coefficient (Wildman–Crippen LogP) is 2.85. The first-order chi connectivity index (χ1) is 9.15. The van der Waals surface area contributed by atoms with Crippen LogP contribution in [0.15, 0.2) is 35.6 Å². The van der Waals surface area contributed by atoms with Crippen molar-refractivity contribution < 1.29 is 4.74 Å². The Hall–Kier alpha value is -1.75. The van der Waals surface area contributed by atoms with Crippen LogP contribution in [0.2, 0.25) is 0 Å². The number of anilines is 1. The molecule has 0 unspecified atom stereocenters. The van der Waals surface area contributed by atoms with Gasteiger partial charge in [0.15, 0.2) is 5.82 Å². The molecule has 0 aliphatic carbocycles. The number of ether oxygens (including phenoxy) is 1. The van der Waals surface area contributed by atoms with Crippen LogP contribution in [0.25, 0.3) is 0 Å². The van der Waals surface area contributed by atoms with E-state index < -0.39 is 0 Å². The van der Waals surface area contributed by atoms with Gasteiger partial charge >= 0.3 is 0 Å². The number of benzene rings is 1. The van der Waals surface area contributed by atoms with Crippen molar-refractivity contribution in [3.8, 4) is 5.75 Å². The molecule has 19 heavy (non-hydrogen) atoms. The minimum Gasteiger partial charge on any atom is -0.493 e. The molecule has 2 aromatic rings. The highest BCUT2D eigenvalue weighted by molar-refractivity contribution is 7.99. The highest BCUT2D eigenvalue weighted by atomic mass is 32.2. The van der Waals surface area contributed by atoms with Gasteiger partial charge in [0.1, 0.15) is 10.8 Å². The maximum atomic E-state index is 5.72. The third-order valence-electron chi connectivity index (χ3n) is 2.48. The molecule has 1 aromatic carbocycles. The molecule has 100 valence electrons. The monoisotopic (exact) mass is 275 g/mol. The van der Waals surface area contributed by atoms with Gasteiger partial charge in [-0.15, -0.1) is 0 Å². The second-order valence-electron chi connectivity index (χ2n) is 4.27. The van der Waals surface area contributed by atoms with Gasteiger partial charge in [0, 0.05) is 18.1 Å². The van der Waals surface area contributed by atoms with Crippen LogP contribution in [0.1, 0.15) is 11.1 Å². The van der Waals surface area contributed by atoms with Crippen molar-refractivity contribution in [2.24, 2.45) is 0 Å². The Kier molecular flexibility index (Phi) is 4.63. The van der Waals surface area contributed by atoms with Gasteiger partial charge in [-0.2, -0.15) is 0 Å². The van der Waals surface area contributed by atoms with E-state index in [9.17, 15) is 0 Å². The molecule has 0 aliphatic heterocycles. The fourth-order valence-electron chi connectivity index (χ4n) is 1.76. The highest BCUT2D eigenvalue weighted by Gasteiger charge is 2.02. The Balaban J connectivity index is 1.82. The van der Waals surface area contributed by atoms with Crippen molar-refractivity contribution in [2.45, 2.75) is 18.9 Å². The molecular weight excluding hydrogens is 258 g/mol. The van der Waals surface area contributed by atoms with E-state index in [1.165, 1.54) is 11.1 Å². The van der Waals surface area contributed by atoms with Gasteiger partial charge in [-0.25, -0.2) is 9.97 Å². The normalized spacial score (nSPS) is 10.4. The number of aryl methyl sites for hydroxylation is 2. The van der Waals surface area contributed by atoms with Gasteiger partial charge in [-0.05, 0) is 37.1 Å². The number of nitrogens with two attached hydrogens (primary N) is 1. The maximum absolute atomic E-state index is 5.72. The van der Waals surface area contributed by atoms with Crippen LogP contribution in [0.5, 0.6) is 5.75 Å². The number of rotatable bonds is 5. The molecule has 5 heteroatoms. The van der Waals surface area contributed by atoms with Crippen molar-refractivity contribution in [1.82, 2.24) is 9.97 Å². The number of nitrogen functional groups attached to an aromatic ring is 1. The van der Waals surface area contributed by atoms with E-state index in [-0.39, 0.29) is 0 Å². The fourth-order valence-corrected chi connectivity index (χ4v) is 2.46. The lowest BCUT2D eigenvalue weighted by Crippen LogP contribution is -2.02. The van der Waals surface area contributed by atoms with Gasteiger partial charge in [0.25, 0.3) is 0 Å². The zero-order chi connectivity index (χ0) is 13.7. The van der Waals surface area contributed by atoms with Crippen LogP contribution in [0.4, 0.5) is 5.82 Å². The topological polar surface area (TPSA) is 61.0 Å². The lowest BCUT2D eigenvalue weighted by atomic mass is 10.1. The molecule has 0 aliphatic rings. The number of hydrogen-bond donors (Lipinski definition) is 1. The summed E-state index contributed by atoms with van der Waals surface area (Å²) in [6.07, 6.45) is 3.23. The Morgan fingerprint density at radius 3 is 2.47 bits per heavy atom. The molecule has 1 heterocycles. The number of thioether (sulfide) groups is 1. The van der Waals surface area contributed by atoms with E-state index >= 15 is 0 Å². The lowest BCUT2D eigenvalue weighted by Gasteiger charge is -2.08. The summed E-state index contributed by atoms with van der Waals surface area (Å²) < 4.78 is 5.72. The molecule has 0 fully saturated rings. The van der Waals surface area contributed by atoms with Gasteiger partial charge in [0.2, 0.25) is 0 Å². The SMILES string of the molecule is Cc1cc(C)cc(OCCSc2nccnc2N)c1. The molecule has 0 saturated carbocycles. The average Bonchev–Trinajstić information content (AvgIpc) is 2.35. The number of nitrogens with zero attached hydrogens (tertiary/aromatic N) is 2. The largest absolute Gasteiger partial charge is 0.493 e. The molecule has 2 N–H and O–H groups in total. The molecular formula is C14H17N3OS. The second-order valence-corrected chi connectivity index (χ2v) is 5.35. The van der Waals surface area contributed by atoms with Crippen LogP contribution < -0.4 is 10.5 Å². The summed E-state index contributed by atoms with van der Waals surface area (Å²) in [6, 6.07) is 6.20. The predicted molar refractivity (Wildman–Crippen MR) is 78.6 cm³/mol. The molecule has 0 radical (unpaired) electrons. The molecule has 0 saturated heterocycles. The molecule has 4 nitrogen and oxygen atoms in total. The third-order valence-corrected chi connectivity index (χ3v) is 3.44. The first-order valence-electron chi connectivity index (χ1n) is 6.05. The minimum absolute atomic E-state index is 0.471. The Labute approximate surface area is 117 Å². The van der Waals surface area contributed by atoms with E-state index in [0.717, 1.165) is 16.5 Å². The zero-order valence-electron chi connectivity index (χ0n) is 11.1. The molecule has 0 amide bonds. The standard InChI is InChI=1S/C14H17N3OS/c1-10-7-11(2)9-12(8-10)18-5-6-19-14-13(15)16-3-4-17-14/h3-4,7-9H,5-6H2,1-2H3,(H2,15,16). The molecule has 1 aromatic heterocycles. The average molecular weight is 275 g/mol. The Morgan fingerprint density at radius 2 is 1.79 bits per heavy atom. The third kappa shape index (κ3) is 4.13. The Morgan fingerprint density at radius 1 is 1.11 bits per heavy atom. The number of hydrogen-bond acceptors (Lipinski definition) is 5. The summed E-state index contributed by atoms with van der Waals surface area (Å²) in [7, 11) is 0. The van der Waals surface area contributed by atoms with Crippen LogP contribution in [0.3, 0.4) is 0 Å². The first kappa shape index (κ1) is 13.7. The molecule has 0 spiro atoms. The van der Waals surface area contributed by atoms with E-state index in [0.29, 0.717) is 12.4 Å². The van der Waals surface area contributed by atoms with Crippen molar-refractivity contribution in [1.29, 1.82) is 0 Å². The van der Waals surface area contributed by atoms with Gasteiger partial charge in [-0.3, -0.25) is 0 Å². The van der Waals surface area contributed by atoms with Crippen molar-refractivity contribution in [3.05, 3.63) is 41.7 Å². The Bertz CT molecular complexity index is 540. The summed E-state index contributed by atoms with van der Waals surface area (Å²) in [5.74, 6) is 2.17. The summed E-state index contributed by atoms with van der Waals surface area (Å²) in [5.41, 5.74) is 8.14. The van der Waals surface area contributed by atoms with Crippen molar-refractivity contribution in [3.63, 3.8) is 0 Å². The highest BCUT2D eigenvalue weighted by Crippen LogP contribution is 2.20. The van der Waals surface area contributed by atoms with Crippen LogP contribution in [-0.2, 0) is 0 Å². The van der Waals surface area contributed by atoms with Crippen molar-refractivity contribution in [2.75, 3.05) is 18.1 Å². The van der Waals surface area contributed by atoms with Gasteiger partial charge < -0.3 is 10.5 Å². The molecule has 0 atom stereocenters. The smallest absolute Gasteiger partial charge is 0.156 e. The summed E-state index contributed by atoms with van der Waals surface area (Å²) >= 11 is 1.55. The van der Waals surface area contributed by atoms with E-state index in [2.05, 4.69) is 29.9 Å². The lowest BCUT2D eigenvalue weighted by molar-refractivity contribution is 0.343. The quantitative estimate of drug-likeness (QED) is 0.671. The summed E-state index contributed by atoms with van der Waals surface area (Å²) in [6.45, 7) is 4.74. The molecule has 0 bridgehead atoms. The first-order valence-corrected chi connectivity index (χ1v) is 7.04. The van der Waals surface area contributed by atoms with Gasteiger partial charge in [-0.1, -0.05) is 17.8 Å². The van der Waals surface area contributed by atoms with Crippen LogP contribution in [0, 0.1) is 13.8 Å². The van der Waals surface area contributed by atoms with E-state index in [1.807, 2.05) is 12.1 Å². The maximum Gasteiger partial charge on any atom is 0.156 e. The van der Waals surface area contributed by atoms with Crippen molar-refractivity contribution >= 4 is 17.6 Å².